The Morgan fingerprint density at radius 1 is 1.15 bits per heavy atom. The Labute approximate surface area is 161 Å². The average molecular weight is 359 g/mol. The Morgan fingerprint density at radius 3 is 2.56 bits per heavy atom. The zero-order valence-electron chi connectivity index (χ0n) is 16.2. The van der Waals surface area contributed by atoms with Crippen LogP contribution in [0.5, 0.6) is 0 Å². The van der Waals surface area contributed by atoms with Gasteiger partial charge in [-0.15, -0.1) is 0 Å². The Bertz CT molecular complexity index is 907. The van der Waals surface area contributed by atoms with E-state index in [0.29, 0.717) is 12.1 Å². The van der Waals surface area contributed by atoms with Crippen LogP contribution < -0.4 is 0 Å². The molecule has 1 amide bonds. The van der Waals surface area contributed by atoms with Gasteiger partial charge in [0.25, 0.3) is 5.91 Å². The SMILES string of the molecule is CCCCC1=NC(C)(C)C(=O)N1Cc1ccc(-c2ccccc2)c(C#N)c1. The van der Waals surface area contributed by atoms with Crippen LogP contribution in [0.25, 0.3) is 11.1 Å². The molecule has 0 fully saturated rings. The van der Waals surface area contributed by atoms with Crippen LogP contribution in [0.15, 0.2) is 53.5 Å². The van der Waals surface area contributed by atoms with Gasteiger partial charge in [0.2, 0.25) is 0 Å². The Morgan fingerprint density at radius 2 is 1.89 bits per heavy atom. The predicted octanol–water partition coefficient (Wildman–Crippen LogP) is 4.93. The molecule has 0 saturated carbocycles. The van der Waals surface area contributed by atoms with Crippen molar-refractivity contribution in [3.05, 3.63) is 59.7 Å². The fourth-order valence-corrected chi connectivity index (χ4v) is 3.40. The van der Waals surface area contributed by atoms with Crippen LogP contribution >= 0.6 is 0 Å². The van der Waals surface area contributed by atoms with Crippen molar-refractivity contribution in [1.82, 2.24) is 4.90 Å². The standard InChI is InChI=1S/C23H25N3O/c1-4-5-11-21-25-23(2,3)22(27)26(21)16-17-12-13-20(19(14-17)15-24)18-9-7-6-8-10-18/h6-10,12-14H,4-5,11,16H2,1-3H3. The fraction of sp³-hybridized carbons (Fsp3) is 0.348. The third-order valence-corrected chi connectivity index (χ3v) is 4.87. The van der Waals surface area contributed by atoms with Gasteiger partial charge in [-0.2, -0.15) is 5.26 Å². The van der Waals surface area contributed by atoms with Gasteiger partial charge >= 0.3 is 0 Å². The first-order valence-corrected chi connectivity index (χ1v) is 9.45. The minimum atomic E-state index is -0.703. The molecular weight excluding hydrogens is 334 g/mol. The molecule has 4 heteroatoms. The lowest BCUT2D eigenvalue weighted by molar-refractivity contribution is -0.130. The first-order chi connectivity index (χ1) is 13.0. The second-order valence-electron chi connectivity index (χ2n) is 7.44. The van der Waals surface area contributed by atoms with Gasteiger partial charge in [0, 0.05) is 6.42 Å². The summed E-state index contributed by atoms with van der Waals surface area (Å²) in [6.45, 7) is 6.31. The highest BCUT2D eigenvalue weighted by Gasteiger charge is 2.40. The number of hydrogen-bond acceptors (Lipinski definition) is 3. The predicted molar refractivity (Wildman–Crippen MR) is 108 cm³/mol. The largest absolute Gasteiger partial charge is 0.294 e. The first kappa shape index (κ1) is 18.8. The van der Waals surface area contributed by atoms with E-state index in [1.165, 1.54) is 0 Å². The number of aliphatic imine (C=N–C) groups is 1. The highest BCUT2D eigenvalue weighted by molar-refractivity contribution is 6.07. The molecule has 3 rings (SSSR count). The maximum absolute atomic E-state index is 12.8. The summed E-state index contributed by atoms with van der Waals surface area (Å²) in [6.07, 6.45) is 2.87. The number of benzene rings is 2. The molecule has 0 bridgehead atoms. The maximum Gasteiger partial charge on any atom is 0.255 e. The third kappa shape index (κ3) is 3.93. The van der Waals surface area contributed by atoms with Crippen LogP contribution in [-0.4, -0.2) is 22.2 Å². The monoisotopic (exact) mass is 359 g/mol. The number of amides is 1. The second-order valence-corrected chi connectivity index (χ2v) is 7.44. The molecule has 0 unspecified atom stereocenters. The quantitative estimate of drug-likeness (QED) is 0.734. The molecule has 0 saturated heterocycles. The summed E-state index contributed by atoms with van der Waals surface area (Å²) in [5.41, 5.74) is 2.79. The number of carbonyl (C=O) groups is 1. The van der Waals surface area contributed by atoms with Crippen molar-refractivity contribution in [3.8, 4) is 17.2 Å². The molecule has 0 aliphatic carbocycles. The van der Waals surface area contributed by atoms with Crippen molar-refractivity contribution in [3.63, 3.8) is 0 Å². The highest BCUT2D eigenvalue weighted by atomic mass is 16.2. The number of nitrogens with zero attached hydrogens (tertiary/aromatic N) is 3. The van der Waals surface area contributed by atoms with E-state index in [4.69, 9.17) is 0 Å². The summed E-state index contributed by atoms with van der Waals surface area (Å²) in [7, 11) is 0. The van der Waals surface area contributed by atoms with Crippen molar-refractivity contribution < 1.29 is 4.79 Å². The fourth-order valence-electron chi connectivity index (χ4n) is 3.40. The molecule has 0 N–H and O–H groups in total. The van der Waals surface area contributed by atoms with E-state index in [9.17, 15) is 10.1 Å². The molecule has 2 aromatic rings. The van der Waals surface area contributed by atoms with Crippen LogP contribution in [-0.2, 0) is 11.3 Å². The first-order valence-electron chi connectivity index (χ1n) is 9.45. The van der Waals surface area contributed by atoms with Gasteiger partial charge in [-0.05, 0) is 43.0 Å². The number of unbranched alkanes of at least 4 members (excludes halogenated alkanes) is 1. The topological polar surface area (TPSA) is 56.5 Å². The Hall–Kier alpha value is -2.93. The molecule has 27 heavy (non-hydrogen) atoms. The van der Waals surface area contributed by atoms with E-state index >= 15 is 0 Å². The summed E-state index contributed by atoms with van der Waals surface area (Å²) < 4.78 is 0. The lowest BCUT2D eigenvalue weighted by atomic mass is 9.98. The van der Waals surface area contributed by atoms with Crippen LogP contribution in [0.3, 0.4) is 0 Å². The number of nitriles is 1. The summed E-state index contributed by atoms with van der Waals surface area (Å²) in [5, 5.41) is 9.61. The van der Waals surface area contributed by atoms with Crippen molar-refractivity contribution in [2.75, 3.05) is 0 Å². The second kappa shape index (κ2) is 7.75. The Kier molecular flexibility index (Phi) is 5.41. The summed E-state index contributed by atoms with van der Waals surface area (Å²) in [5.74, 6) is 0.886. The van der Waals surface area contributed by atoms with Crippen LogP contribution in [0.1, 0.15) is 51.2 Å². The number of amidine groups is 1. The van der Waals surface area contributed by atoms with E-state index in [1.54, 1.807) is 4.90 Å². The molecule has 2 aromatic carbocycles. The third-order valence-electron chi connectivity index (χ3n) is 4.87. The van der Waals surface area contributed by atoms with Gasteiger partial charge in [-0.3, -0.25) is 14.7 Å². The minimum absolute atomic E-state index is 0.0271. The molecule has 1 aliphatic heterocycles. The summed E-state index contributed by atoms with van der Waals surface area (Å²) in [4.78, 5) is 19.2. The summed E-state index contributed by atoms with van der Waals surface area (Å²) >= 11 is 0. The highest BCUT2D eigenvalue weighted by Crippen LogP contribution is 2.28. The normalized spacial score (nSPS) is 15.6. The molecule has 0 aromatic heterocycles. The van der Waals surface area contributed by atoms with Gasteiger partial charge < -0.3 is 0 Å². The van der Waals surface area contributed by atoms with E-state index in [0.717, 1.165) is 41.8 Å². The Balaban J connectivity index is 1.88. The van der Waals surface area contributed by atoms with Crippen LogP contribution in [0.4, 0.5) is 0 Å². The molecule has 0 radical (unpaired) electrons. The van der Waals surface area contributed by atoms with Crippen LogP contribution in [0, 0.1) is 11.3 Å². The lowest BCUT2D eigenvalue weighted by Crippen LogP contribution is -2.38. The summed E-state index contributed by atoms with van der Waals surface area (Å²) in [6, 6.07) is 18.0. The molecule has 1 heterocycles. The van der Waals surface area contributed by atoms with Crippen molar-refractivity contribution in [2.24, 2.45) is 4.99 Å². The molecule has 0 spiro atoms. The molecular formula is C23H25N3O. The van der Waals surface area contributed by atoms with E-state index < -0.39 is 5.54 Å². The zero-order chi connectivity index (χ0) is 19.4. The smallest absolute Gasteiger partial charge is 0.255 e. The zero-order valence-corrected chi connectivity index (χ0v) is 16.2. The van der Waals surface area contributed by atoms with Gasteiger partial charge in [0.15, 0.2) is 0 Å². The van der Waals surface area contributed by atoms with Crippen molar-refractivity contribution >= 4 is 11.7 Å². The maximum atomic E-state index is 12.8. The van der Waals surface area contributed by atoms with Gasteiger partial charge in [0.05, 0.1) is 18.2 Å². The van der Waals surface area contributed by atoms with Crippen molar-refractivity contribution in [2.45, 2.75) is 52.1 Å². The molecule has 4 nitrogen and oxygen atoms in total. The van der Waals surface area contributed by atoms with E-state index in [2.05, 4.69) is 18.0 Å². The number of carbonyl (C=O) groups excluding carboxylic acids is 1. The minimum Gasteiger partial charge on any atom is -0.294 e. The molecule has 1 aliphatic rings. The average Bonchev–Trinajstić information content (AvgIpc) is 2.90. The molecule has 0 atom stereocenters. The number of hydrogen-bond donors (Lipinski definition) is 0. The van der Waals surface area contributed by atoms with Gasteiger partial charge in [-0.1, -0.05) is 55.8 Å². The molecule has 138 valence electrons. The van der Waals surface area contributed by atoms with E-state index in [-0.39, 0.29) is 5.91 Å². The number of rotatable bonds is 6. The van der Waals surface area contributed by atoms with Crippen LogP contribution in [0.2, 0.25) is 0 Å². The van der Waals surface area contributed by atoms with E-state index in [1.807, 2.05) is 62.4 Å². The lowest BCUT2D eigenvalue weighted by Gasteiger charge is -2.21. The van der Waals surface area contributed by atoms with Gasteiger partial charge in [0.1, 0.15) is 11.4 Å². The van der Waals surface area contributed by atoms with Gasteiger partial charge in [-0.25, -0.2) is 0 Å². The van der Waals surface area contributed by atoms with Crippen molar-refractivity contribution in [1.29, 1.82) is 5.26 Å².